The van der Waals surface area contributed by atoms with Gasteiger partial charge in [-0.1, -0.05) is 18.2 Å². The Hall–Kier alpha value is -1.32. The van der Waals surface area contributed by atoms with E-state index in [1.54, 1.807) is 0 Å². The van der Waals surface area contributed by atoms with E-state index in [0.717, 1.165) is 11.1 Å². The zero-order chi connectivity index (χ0) is 10.1. The molecule has 0 aliphatic rings. The van der Waals surface area contributed by atoms with Crippen LogP contribution in [0.4, 0.5) is 0 Å². The van der Waals surface area contributed by atoms with Crippen molar-refractivity contribution in [3.63, 3.8) is 0 Å². The van der Waals surface area contributed by atoms with E-state index in [2.05, 4.69) is 29.7 Å². The molecule has 0 aliphatic carbocycles. The summed E-state index contributed by atoms with van der Waals surface area (Å²) in [5.74, 6) is 5.08. The number of hydrogen-bond acceptors (Lipinski definition) is 2. The summed E-state index contributed by atoms with van der Waals surface area (Å²) in [7, 11) is 0. The number of H-pyrrole nitrogens is 1. The summed E-state index contributed by atoms with van der Waals surface area (Å²) in [5.41, 5.74) is 4.72. The van der Waals surface area contributed by atoms with Gasteiger partial charge in [0.25, 0.3) is 0 Å². The molecule has 14 heavy (non-hydrogen) atoms. The third kappa shape index (κ3) is 1.31. The van der Waals surface area contributed by atoms with Crippen molar-refractivity contribution < 1.29 is 4.84 Å². The molecule has 2 aromatic rings. The van der Waals surface area contributed by atoms with Gasteiger partial charge in [0.2, 0.25) is 0 Å². The molecule has 0 amide bonds. The molecule has 0 saturated heterocycles. The smallest absolute Gasteiger partial charge is 0.0950 e. The summed E-state index contributed by atoms with van der Waals surface area (Å²) in [6, 6.07) is 6.15. The SMILES string of the molecule is Cc1[nH]c2c(CON)cccc2c1C. The molecule has 0 bridgehead atoms. The van der Waals surface area contributed by atoms with Gasteiger partial charge in [0.1, 0.15) is 0 Å². The summed E-state index contributed by atoms with van der Waals surface area (Å²) in [4.78, 5) is 8.01. The lowest BCUT2D eigenvalue weighted by molar-refractivity contribution is 0.125. The molecule has 0 aliphatic heterocycles. The summed E-state index contributed by atoms with van der Waals surface area (Å²) >= 11 is 0. The zero-order valence-corrected chi connectivity index (χ0v) is 8.42. The van der Waals surface area contributed by atoms with Gasteiger partial charge < -0.3 is 4.98 Å². The third-order valence-corrected chi connectivity index (χ3v) is 2.67. The average molecular weight is 190 g/mol. The van der Waals surface area contributed by atoms with Crippen molar-refractivity contribution in [1.29, 1.82) is 0 Å². The minimum atomic E-state index is 0.441. The van der Waals surface area contributed by atoms with Gasteiger partial charge in [0, 0.05) is 16.6 Å². The predicted octanol–water partition coefficient (Wildman–Crippen LogP) is 2.18. The molecular formula is C11H14N2O. The number of rotatable bonds is 2. The molecule has 0 atom stereocenters. The van der Waals surface area contributed by atoms with Crippen LogP contribution in [0.5, 0.6) is 0 Å². The van der Waals surface area contributed by atoms with Gasteiger partial charge in [-0.2, -0.15) is 0 Å². The van der Waals surface area contributed by atoms with E-state index in [1.807, 2.05) is 12.1 Å². The number of para-hydroxylation sites is 1. The van der Waals surface area contributed by atoms with E-state index in [4.69, 9.17) is 5.90 Å². The number of aromatic amines is 1. The first kappa shape index (κ1) is 9.24. The lowest BCUT2D eigenvalue weighted by Gasteiger charge is -2.00. The molecule has 0 radical (unpaired) electrons. The molecule has 3 N–H and O–H groups in total. The Bertz CT molecular complexity index is 460. The number of aryl methyl sites for hydroxylation is 2. The second-order valence-electron chi connectivity index (χ2n) is 3.53. The molecule has 0 saturated carbocycles. The van der Waals surface area contributed by atoms with Crippen LogP contribution < -0.4 is 5.90 Å². The van der Waals surface area contributed by atoms with Crippen LogP contribution in [-0.2, 0) is 11.4 Å². The van der Waals surface area contributed by atoms with Crippen LogP contribution in [0.2, 0.25) is 0 Å². The van der Waals surface area contributed by atoms with Gasteiger partial charge in [-0.25, -0.2) is 5.90 Å². The van der Waals surface area contributed by atoms with Crippen molar-refractivity contribution >= 4 is 10.9 Å². The molecule has 0 unspecified atom stereocenters. The highest BCUT2D eigenvalue weighted by atomic mass is 16.6. The average Bonchev–Trinajstić information content (AvgIpc) is 2.46. The van der Waals surface area contributed by atoms with Gasteiger partial charge in [-0.15, -0.1) is 0 Å². The van der Waals surface area contributed by atoms with Crippen LogP contribution in [-0.4, -0.2) is 4.98 Å². The Morgan fingerprint density at radius 2 is 2.14 bits per heavy atom. The zero-order valence-electron chi connectivity index (χ0n) is 8.42. The first-order chi connectivity index (χ1) is 6.74. The maximum Gasteiger partial charge on any atom is 0.0950 e. The molecule has 1 heterocycles. The van der Waals surface area contributed by atoms with Gasteiger partial charge in [-0.3, -0.25) is 4.84 Å². The van der Waals surface area contributed by atoms with Gasteiger partial charge >= 0.3 is 0 Å². The molecule has 74 valence electrons. The van der Waals surface area contributed by atoms with Crippen molar-refractivity contribution in [3.8, 4) is 0 Å². The Balaban J connectivity index is 2.68. The van der Waals surface area contributed by atoms with Crippen molar-refractivity contribution in [2.45, 2.75) is 20.5 Å². The van der Waals surface area contributed by atoms with Crippen LogP contribution in [0, 0.1) is 13.8 Å². The largest absolute Gasteiger partial charge is 0.358 e. The van der Waals surface area contributed by atoms with Gasteiger partial charge in [0.05, 0.1) is 12.1 Å². The van der Waals surface area contributed by atoms with E-state index in [-0.39, 0.29) is 0 Å². The highest BCUT2D eigenvalue weighted by Crippen LogP contribution is 2.24. The number of benzene rings is 1. The highest BCUT2D eigenvalue weighted by Gasteiger charge is 2.07. The quantitative estimate of drug-likeness (QED) is 0.713. The maximum atomic E-state index is 5.08. The maximum absolute atomic E-state index is 5.08. The number of hydrogen-bond donors (Lipinski definition) is 2. The minimum absolute atomic E-state index is 0.441. The number of nitrogens with two attached hydrogens (primary N) is 1. The summed E-state index contributed by atoms with van der Waals surface area (Å²) in [6.45, 7) is 4.63. The van der Waals surface area contributed by atoms with E-state index in [0.29, 0.717) is 6.61 Å². The fourth-order valence-corrected chi connectivity index (χ4v) is 1.75. The first-order valence-corrected chi connectivity index (χ1v) is 4.62. The molecule has 1 aromatic carbocycles. The van der Waals surface area contributed by atoms with Crippen LogP contribution in [0.3, 0.4) is 0 Å². The van der Waals surface area contributed by atoms with Crippen LogP contribution in [0.25, 0.3) is 10.9 Å². The topological polar surface area (TPSA) is 51.0 Å². The summed E-state index contributed by atoms with van der Waals surface area (Å²) in [6.07, 6.45) is 0. The highest BCUT2D eigenvalue weighted by molar-refractivity contribution is 5.86. The molecule has 0 spiro atoms. The van der Waals surface area contributed by atoms with Crippen LogP contribution in [0.1, 0.15) is 16.8 Å². The first-order valence-electron chi connectivity index (χ1n) is 4.62. The van der Waals surface area contributed by atoms with Crippen molar-refractivity contribution in [2.75, 3.05) is 0 Å². The summed E-state index contributed by atoms with van der Waals surface area (Å²) in [5, 5.41) is 1.25. The van der Waals surface area contributed by atoms with Gasteiger partial charge in [-0.05, 0) is 19.4 Å². The fourth-order valence-electron chi connectivity index (χ4n) is 1.75. The molecule has 2 rings (SSSR count). The molecule has 3 nitrogen and oxygen atoms in total. The van der Waals surface area contributed by atoms with Crippen molar-refractivity contribution in [2.24, 2.45) is 5.90 Å². The lowest BCUT2D eigenvalue weighted by Crippen LogP contribution is -1.99. The number of nitrogens with one attached hydrogen (secondary N) is 1. The Labute approximate surface area is 82.8 Å². The Morgan fingerprint density at radius 1 is 1.36 bits per heavy atom. The Kier molecular flexibility index (Phi) is 2.27. The second kappa shape index (κ2) is 3.44. The predicted molar refractivity (Wildman–Crippen MR) is 56.7 cm³/mol. The third-order valence-electron chi connectivity index (χ3n) is 2.67. The number of aromatic nitrogens is 1. The van der Waals surface area contributed by atoms with Crippen molar-refractivity contribution in [3.05, 3.63) is 35.0 Å². The van der Waals surface area contributed by atoms with Crippen LogP contribution >= 0.6 is 0 Å². The second-order valence-corrected chi connectivity index (χ2v) is 3.53. The van der Waals surface area contributed by atoms with E-state index in [1.165, 1.54) is 16.6 Å². The van der Waals surface area contributed by atoms with E-state index in [9.17, 15) is 0 Å². The minimum Gasteiger partial charge on any atom is -0.358 e. The molecule has 0 fully saturated rings. The molecular weight excluding hydrogens is 176 g/mol. The summed E-state index contributed by atoms with van der Waals surface area (Å²) < 4.78 is 0. The van der Waals surface area contributed by atoms with Crippen molar-refractivity contribution in [1.82, 2.24) is 4.98 Å². The van der Waals surface area contributed by atoms with E-state index < -0.39 is 0 Å². The molecule has 1 aromatic heterocycles. The monoisotopic (exact) mass is 190 g/mol. The van der Waals surface area contributed by atoms with Gasteiger partial charge in [0.15, 0.2) is 0 Å². The van der Waals surface area contributed by atoms with E-state index >= 15 is 0 Å². The fraction of sp³-hybridized carbons (Fsp3) is 0.273. The van der Waals surface area contributed by atoms with Crippen LogP contribution in [0.15, 0.2) is 18.2 Å². The number of fused-ring (bicyclic) bond motifs is 1. The normalized spacial score (nSPS) is 11.1. The standard InChI is InChI=1S/C11H14N2O/c1-7-8(2)13-11-9(6-14-12)4-3-5-10(7)11/h3-5,13H,6,12H2,1-2H3. The Morgan fingerprint density at radius 3 is 2.86 bits per heavy atom. The lowest BCUT2D eigenvalue weighted by atomic mass is 10.1. The molecule has 3 heteroatoms.